The molecule has 1 aliphatic heterocycles. The monoisotopic (exact) mass is 668 g/mol. The molecule has 0 bridgehead atoms. The molecule has 6 N–H and O–H groups in total. The van der Waals surface area contributed by atoms with Gasteiger partial charge in [0.25, 0.3) is 0 Å². The number of aliphatic hydroxyl groups is 1. The fraction of sp³-hybridized carbons (Fsp3) is 0.270. The maximum atomic E-state index is 12.8. The quantitative estimate of drug-likeness (QED) is 0.0770. The maximum Gasteiger partial charge on any atom is 0.224 e. The number of anilines is 4. The van der Waals surface area contributed by atoms with E-state index < -0.39 is 6.29 Å². The molecule has 11 heteroatoms. The van der Waals surface area contributed by atoms with Crippen molar-refractivity contribution in [2.75, 3.05) is 27.4 Å². The van der Waals surface area contributed by atoms with E-state index in [2.05, 4.69) is 16.0 Å². The summed E-state index contributed by atoms with van der Waals surface area (Å²) < 4.78 is 12.9. The second-order valence-corrected chi connectivity index (χ2v) is 12.6. The first-order valence-corrected chi connectivity index (χ1v) is 16.8. The summed E-state index contributed by atoms with van der Waals surface area (Å²) in [5.74, 6) is 0.148. The molecule has 1 fully saturated rings. The number of aliphatic hydroxyl groups excluding tert-OH is 1. The molecule has 5 rings (SSSR count). The van der Waals surface area contributed by atoms with Gasteiger partial charge in [0.15, 0.2) is 6.29 Å². The Kier molecular flexibility index (Phi) is 12.2. The third-order valence-electron chi connectivity index (χ3n) is 7.71. The number of benzene rings is 4. The highest BCUT2D eigenvalue weighted by Gasteiger charge is 2.32. The molecule has 0 spiro atoms. The number of nitrogen functional groups attached to an aromatic ring is 1. The van der Waals surface area contributed by atoms with E-state index in [1.807, 2.05) is 66.7 Å². The summed E-state index contributed by atoms with van der Waals surface area (Å²) in [6, 6.07) is 29.8. The number of hydrogen-bond donors (Lipinski definition) is 5. The van der Waals surface area contributed by atoms with Gasteiger partial charge < -0.3 is 36.3 Å². The van der Waals surface area contributed by atoms with Crippen LogP contribution in [0.1, 0.15) is 61.7 Å². The van der Waals surface area contributed by atoms with Crippen LogP contribution in [0, 0.1) is 0 Å². The number of hydrogen-bond acceptors (Lipinski definition) is 8. The topological polar surface area (TPSA) is 152 Å². The van der Waals surface area contributed by atoms with Crippen molar-refractivity contribution in [3.05, 3.63) is 114 Å². The van der Waals surface area contributed by atoms with E-state index in [0.717, 1.165) is 27.3 Å². The van der Waals surface area contributed by atoms with E-state index in [1.54, 1.807) is 42.1 Å². The van der Waals surface area contributed by atoms with Crippen molar-refractivity contribution in [1.82, 2.24) is 0 Å². The second kappa shape index (κ2) is 16.9. The Hall–Kier alpha value is -4.68. The van der Waals surface area contributed by atoms with Crippen molar-refractivity contribution in [3.8, 4) is 0 Å². The molecule has 1 saturated heterocycles. The zero-order valence-corrected chi connectivity index (χ0v) is 27.5. The molecule has 4 aromatic carbocycles. The smallest absolute Gasteiger partial charge is 0.224 e. The number of carbonyl (C=O) groups is 3. The minimum atomic E-state index is -0.681. The van der Waals surface area contributed by atoms with Crippen molar-refractivity contribution in [1.29, 1.82) is 0 Å². The van der Waals surface area contributed by atoms with Gasteiger partial charge in [0.2, 0.25) is 17.7 Å². The van der Waals surface area contributed by atoms with Gasteiger partial charge in [0, 0.05) is 53.8 Å². The third-order valence-corrected chi connectivity index (χ3v) is 8.85. The maximum absolute atomic E-state index is 12.8. The van der Waals surface area contributed by atoms with Crippen LogP contribution in [0.25, 0.3) is 0 Å². The van der Waals surface area contributed by atoms with Crippen LogP contribution in [0.15, 0.2) is 102 Å². The van der Waals surface area contributed by atoms with E-state index in [4.69, 9.17) is 15.2 Å². The summed E-state index contributed by atoms with van der Waals surface area (Å²) in [6.45, 7) is 1.44. The SMILES string of the molecule is CC(=O)Nc1ccc(SC[C@H]2C[C@@H](c3ccc(CO)cc3)O[C@@H](c3cccc(NC(=O)CCCC(=O)Nc4ccccc4N)c3)O2)cc1. The summed E-state index contributed by atoms with van der Waals surface area (Å²) in [7, 11) is 0. The lowest BCUT2D eigenvalue weighted by Crippen LogP contribution is -2.31. The van der Waals surface area contributed by atoms with Crippen LogP contribution in [0.2, 0.25) is 0 Å². The molecule has 250 valence electrons. The molecule has 0 radical (unpaired) electrons. The Morgan fingerprint density at radius 2 is 1.54 bits per heavy atom. The number of rotatable bonds is 13. The van der Waals surface area contributed by atoms with Crippen molar-refractivity contribution in [2.45, 2.75) is 62.6 Å². The molecule has 0 aromatic heterocycles. The lowest BCUT2D eigenvalue weighted by atomic mass is 10.0. The van der Waals surface area contributed by atoms with Crippen LogP contribution in [0.5, 0.6) is 0 Å². The second-order valence-electron chi connectivity index (χ2n) is 11.5. The standard InChI is InChI=1S/C37H40N4O6S/c1-24(43)39-28-16-18-31(19-17-28)48-23-30-21-34(26-14-12-25(22-42)13-15-26)47-37(46-30)27-6-4-7-29(20-27)40-35(44)10-5-11-36(45)41-33-9-3-2-8-32(33)38/h2-4,6-9,12-20,30,34,37,42H,5,10-11,21-23,38H2,1H3,(H,39,43)(H,40,44)(H,41,45)/t30-,34+,37+/m1/s1. The molecule has 48 heavy (non-hydrogen) atoms. The fourth-order valence-electron chi connectivity index (χ4n) is 5.27. The summed E-state index contributed by atoms with van der Waals surface area (Å²) in [5.41, 5.74) is 10.8. The molecule has 1 heterocycles. The number of nitrogens with one attached hydrogen (secondary N) is 3. The molecule has 4 aromatic rings. The van der Waals surface area contributed by atoms with Gasteiger partial charge in [-0.05, 0) is 66.1 Å². The number of ether oxygens (including phenoxy) is 2. The van der Waals surface area contributed by atoms with E-state index in [1.165, 1.54) is 6.92 Å². The lowest BCUT2D eigenvalue weighted by molar-refractivity contribution is -0.245. The highest BCUT2D eigenvalue weighted by Crippen LogP contribution is 2.40. The predicted molar refractivity (Wildman–Crippen MR) is 188 cm³/mol. The molecule has 10 nitrogen and oxygen atoms in total. The minimum absolute atomic E-state index is 0.0357. The van der Waals surface area contributed by atoms with Crippen molar-refractivity contribution >= 4 is 52.2 Å². The first kappa shape index (κ1) is 34.6. The van der Waals surface area contributed by atoms with Crippen LogP contribution in [0.3, 0.4) is 0 Å². The van der Waals surface area contributed by atoms with E-state index in [0.29, 0.717) is 35.7 Å². The average molecular weight is 669 g/mol. The van der Waals surface area contributed by atoms with Crippen molar-refractivity contribution < 1.29 is 29.0 Å². The van der Waals surface area contributed by atoms with Crippen LogP contribution >= 0.6 is 11.8 Å². The lowest BCUT2D eigenvalue weighted by Gasteiger charge is -2.36. The van der Waals surface area contributed by atoms with Crippen LogP contribution in [0.4, 0.5) is 22.7 Å². The number of amides is 3. The third kappa shape index (κ3) is 10.2. The number of nitrogens with two attached hydrogens (primary N) is 1. The van der Waals surface area contributed by atoms with Gasteiger partial charge >= 0.3 is 0 Å². The van der Waals surface area contributed by atoms with Gasteiger partial charge in [-0.3, -0.25) is 14.4 Å². The Balaban J connectivity index is 1.20. The van der Waals surface area contributed by atoms with Gasteiger partial charge in [-0.15, -0.1) is 11.8 Å². The van der Waals surface area contributed by atoms with Gasteiger partial charge in [-0.2, -0.15) is 0 Å². The zero-order valence-electron chi connectivity index (χ0n) is 26.7. The summed E-state index contributed by atoms with van der Waals surface area (Å²) in [6.07, 6.45) is 0.292. The highest BCUT2D eigenvalue weighted by molar-refractivity contribution is 7.99. The number of carbonyl (C=O) groups excluding carboxylic acids is 3. The molecule has 0 saturated carbocycles. The Morgan fingerprint density at radius 3 is 2.25 bits per heavy atom. The van der Waals surface area contributed by atoms with Crippen molar-refractivity contribution in [3.63, 3.8) is 0 Å². The zero-order chi connectivity index (χ0) is 33.9. The van der Waals surface area contributed by atoms with Crippen LogP contribution in [-0.4, -0.2) is 34.7 Å². The number of thioether (sulfide) groups is 1. The first-order valence-electron chi connectivity index (χ1n) is 15.8. The normalized spacial score (nSPS) is 17.3. The molecule has 0 aliphatic carbocycles. The van der Waals surface area contributed by atoms with Gasteiger partial charge in [-0.1, -0.05) is 48.5 Å². The predicted octanol–water partition coefficient (Wildman–Crippen LogP) is 6.80. The molecule has 3 atom stereocenters. The first-order chi connectivity index (χ1) is 23.2. The van der Waals surface area contributed by atoms with Crippen molar-refractivity contribution in [2.24, 2.45) is 0 Å². The highest BCUT2D eigenvalue weighted by atomic mass is 32.2. The van der Waals surface area contributed by atoms with Crippen LogP contribution in [-0.2, 0) is 30.5 Å². The minimum Gasteiger partial charge on any atom is -0.397 e. The van der Waals surface area contributed by atoms with E-state index >= 15 is 0 Å². The van der Waals surface area contributed by atoms with E-state index in [9.17, 15) is 19.5 Å². The molecular weight excluding hydrogens is 628 g/mol. The summed E-state index contributed by atoms with van der Waals surface area (Å²) >= 11 is 1.66. The van der Waals surface area contributed by atoms with Crippen LogP contribution < -0.4 is 21.7 Å². The Morgan fingerprint density at radius 1 is 0.812 bits per heavy atom. The Bertz CT molecular complexity index is 1700. The van der Waals surface area contributed by atoms with E-state index in [-0.39, 0.29) is 49.4 Å². The average Bonchev–Trinajstić information content (AvgIpc) is 3.09. The molecular formula is C37H40N4O6S. The molecule has 3 amide bonds. The fourth-order valence-corrected chi connectivity index (χ4v) is 6.19. The summed E-state index contributed by atoms with van der Waals surface area (Å²) in [4.78, 5) is 37.5. The molecule has 0 unspecified atom stereocenters. The van der Waals surface area contributed by atoms with Gasteiger partial charge in [0.1, 0.15) is 0 Å². The van der Waals surface area contributed by atoms with Gasteiger partial charge in [-0.25, -0.2) is 0 Å². The summed E-state index contributed by atoms with van der Waals surface area (Å²) in [5, 5.41) is 18.0. The number of para-hydroxylation sites is 2. The molecule has 1 aliphatic rings. The largest absolute Gasteiger partial charge is 0.397 e. The Labute approximate surface area is 284 Å². The van der Waals surface area contributed by atoms with Gasteiger partial charge in [0.05, 0.1) is 30.2 Å².